The van der Waals surface area contributed by atoms with Crippen molar-refractivity contribution in [3.63, 3.8) is 0 Å². The Morgan fingerprint density at radius 3 is 2.00 bits per heavy atom. The minimum atomic E-state index is -0.704. The predicted molar refractivity (Wildman–Crippen MR) is 81.2 cm³/mol. The second-order valence-corrected chi connectivity index (χ2v) is 4.58. The van der Waals surface area contributed by atoms with Gasteiger partial charge in [0, 0.05) is 11.3 Å². The van der Waals surface area contributed by atoms with E-state index in [1.807, 2.05) is 24.3 Å². The van der Waals surface area contributed by atoms with Crippen LogP contribution in [0.2, 0.25) is 0 Å². The lowest BCUT2D eigenvalue weighted by Crippen LogP contribution is -2.44. The first-order valence-electron chi connectivity index (χ1n) is 6.66. The van der Waals surface area contributed by atoms with Crippen LogP contribution in [-0.4, -0.2) is 25.0 Å². The van der Waals surface area contributed by atoms with Crippen LogP contribution >= 0.6 is 0 Å². The van der Waals surface area contributed by atoms with Gasteiger partial charge in [0.05, 0.1) is 7.11 Å². The van der Waals surface area contributed by atoms with Crippen molar-refractivity contribution >= 4 is 17.6 Å². The van der Waals surface area contributed by atoms with Gasteiger partial charge in [-0.3, -0.25) is 9.69 Å². The summed E-state index contributed by atoms with van der Waals surface area (Å²) in [4.78, 5) is 26.0. The maximum atomic E-state index is 12.7. The first-order valence-corrected chi connectivity index (χ1v) is 6.66. The van der Waals surface area contributed by atoms with E-state index in [1.165, 1.54) is 12.0 Å². The summed E-state index contributed by atoms with van der Waals surface area (Å²) in [5.41, 5.74) is 1.18. The van der Waals surface area contributed by atoms with E-state index in [0.29, 0.717) is 11.3 Å². The molecule has 108 valence electrons. The first kappa shape index (κ1) is 14.8. The Hall–Kier alpha value is -2.62. The van der Waals surface area contributed by atoms with E-state index in [0.717, 1.165) is 0 Å². The lowest BCUT2D eigenvalue weighted by Gasteiger charge is -2.27. The number of nitrogens with zero attached hydrogens (tertiary/aromatic N) is 1. The molecule has 0 saturated carbocycles. The van der Waals surface area contributed by atoms with Crippen molar-refractivity contribution < 1.29 is 14.3 Å². The van der Waals surface area contributed by atoms with Gasteiger partial charge in [-0.1, -0.05) is 36.4 Å². The van der Waals surface area contributed by atoms with E-state index < -0.39 is 12.0 Å². The van der Waals surface area contributed by atoms with Gasteiger partial charge < -0.3 is 4.74 Å². The fourth-order valence-electron chi connectivity index (χ4n) is 2.10. The fraction of sp³-hybridized carbons (Fsp3) is 0.176. The monoisotopic (exact) mass is 283 g/mol. The number of carbonyl (C=O) groups is 2. The zero-order valence-corrected chi connectivity index (χ0v) is 12.0. The molecule has 21 heavy (non-hydrogen) atoms. The summed E-state index contributed by atoms with van der Waals surface area (Å²) in [5, 5.41) is 0. The maximum absolute atomic E-state index is 12.7. The standard InChI is InChI=1S/C17H17NO3/c1-13(17(20)21-2)18(15-11-7-4-8-12-15)16(19)14-9-5-3-6-10-14/h3-13H,1-2H3/t13-/m0/s1. The highest BCUT2D eigenvalue weighted by Crippen LogP contribution is 2.20. The molecule has 2 aromatic carbocycles. The molecule has 0 saturated heterocycles. The molecule has 0 N–H and O–H groups in total. The molecule has 4 nitrogen and oxygen atoms in total. The van der Waals surface area contributed by atoms with E-state index in [-0.39, 0.29) is 5.91 Å². The van der Waals surface area contributed by atoms with Crippen LogP contribution in [0.5, 0.6) is 0 Å². The smallest absolute Gasteiger partial charge is 0.328 e. The molecule has 2 aromatic rings. The van der Waals surface area contributed by atoms with E-state index in [4.69, 9.17) is 4.74 Å². The average Bonchev–Trinajstić information content (AvgIpc) is 2.56. The van der Waals surface area contributed by atoms with Gasteiger partial charge in [-0.2, -0.15) is 0 Å². The second-order valence-electron chi connectivity index (χ2n) is 4.58. The van der Waals surface area contributed by atoms with E-state index in [1.54, 1.807) is 43.3 Å². The van der Waals surface area contributed by atoms with Crippen molar-refractivity contribution in [2.24, 2.45) is 0 Å². The maximum Gasteiger partial charge on any atom is 0.328 e. The molecule has 0 spiro atoms. The molecule has 2 rings (SSSR count). The van der Waals surface area contributed by atoms with Crippen molar-refractivity contribution in [3.05, 3.63) is 66.2 Å². The Labute approximate surface area is 124 Å². The molecule has 0 heterocycles. The third-order valence-electron chi connectivity index (χ3n) is 3.20. The Morgan fingerprint density at radius 2 is 1.48 bits per heavy atom. The molecular weight excluding hydrogens is 266 g/mol. The van der Waals surface area contributed by atoms with Gasteiger partial charge in [-0.15, -0.1) is 0 Å². The Bertz CT molecular complexity index is 610. The lowest BCUT2D eigenvalue weighted by atomic mass is 10.1. The molecule has 1 atom stereocenters. The Balaban J connectivity index is 2.41. The van der Waals surface area contributed by atoms with E-state index in [2.05, 4.69) is 0 Å². The molecule has 0 radical (unpaired) electrons. The second kappa shape index (κ2) is 6.70. The van der Waals surface area contributed by atoms with Gasteiger partial charge in [0.15, 0.2) is 0 Å². The zero-order chi connectivity index (χ0) is 15.2. The van der Waals surface area contributed by atoms with Gasteiger partial charge in [0.1, 0.15) is 6.04 Å². The molecule has 4 heteroatoms. The van der Waals surface area contributed by atoms with Gasteiger partial charge >= 0.3 is 5.97 Å². The van der Waals surface area contributed by atoms with Crippen LogP contribution in [0.1, 0.15) is 17.3 Å². The molecule has 1 amide bonds. The van der Waals surface area contributed by atoms with Crippen LogP contribution in [-0.2, 0) is 9.53 Å². The average molecular weight is 283 g/mol. The summed E-state index contributed by atoms with van der Waals surface area (Å²) < 4.78 is 4.77. The Kier molecular flexibility index (Phi) is 4.72. The normalized spacial score (nSPS) is 11.5. The number of hydrogen-bond acceptors (Lipinski definition) is 3. The van der Waals surface area contributed by atoms with Crippen molar-refractivity contribution in [1.29, 1.82) is 0 Å². The molecular formula is C17H17NO3. The van der Waals surface area contributed by atoms with Crippen LogP contribution < -0.4 is 4.90 Å². The van der Waals surface area contributed by atoms with Gasteiger partial charge in [0.2, 0.25) is 0 Å². The van der Waals surface area contributed by atoms with Crippen molar-refractivity contribution in [2.45, 2.75) is 13.0 Å². The fourth-order valence-corrected chi connectivity index (χ4v) is 2.10. The number of carbonyl (C=O) groups excluding carboxylic acids is 2. The summed E-state index contributed by atoms with van der Waals surface area (Å²) >= 11 is 0. The van der Waals surface area contributed by atoms with Gasteiger partial charge in [-0.25, -0.2) is 4.79 Å². The van der Waals surface area contributed by atoms with Gasteiger partial charge in [-0.05, 0) is 31.2 Å². The van der Waals surface area contributed by atoms with Crippen LogP contribution in [0.4, 0.5) is 5.69 Å². The number of para-hydroxylation sites is 1. The highest BCUT2D eigenvalue weighted by molar-refractivity contribution is 6.09. The van der Waals surface area contributed by atoms with Crippen molar-refractivity contribution in [1.82, 2.24) is 0 Å². The SMILES string of the molecule is COC(=O)[C@H](C)N(C(=O)c1ccccc1)c1ccccc1. The molecule has 0 unspecified atom stereocenters. The first-order chi connectivity index (χ1) is 10.1. The van der Waals surface area contributed by atoms with Crippen molar-refractivity contribution in [2.75, 3.05) is 12.0 Å². The summed E-state index contributed by atoms with van der Waals surface area (Å²) in [6.45, 7) is 1.65. The van der Waals surface area contributed by atoms with Crippen LogP contribution in [0.3, 0.4) is 0 Å². The van der Waals surface area contributed by atoms with Crippen LogP contribution in [0.25, 0.3) is 0 Å². The molecule has 0 aliphatic carbocycles. The molecule has 0 aliphatic heterocycles. The lowest BCUT2D eigenvalue weighted by molar-refractivity contribution is -0.141. The number of ether oxygens (including phenoxy) is 1. The van der Waals surface area contributed by atoms with E-state index >= 15 is 0 Å². The summed E-state index contributed by atoms with van der Waals surface area (Å²) in [5.74, 6) is -0.692. The predicted octanol–water partition coefficient (Wildman–Crippen LogP) is 2.89. The number of anilines is 1. The Morgan fingerprint density at radius 1 is 0.952 bits per heavy atom. The third kappa shape index (κ3) is 3.28. The largest absolute Gasteiger partial charge is 0.467 e. The topological polar surface area (TPSA) is 46.6 Å². The molecule has 0 aliphatic rings. The third-order valence-corrected chi connectivity index (χ3v) is 3.20. The number of benzene rings is 2. The molecule has 0 aromatic heterocycles. The van der Waals surface area contributed by atoms with Crippen molar-refractivity contribution in [3.8, 4) is 0 Å². The van der Waals surface area contributed by atoms with E-state index in [9.17, 15) is 9.59 Å². The minimum absolute atomic E-state index is 0.236. The summed E-state index contributed by atoms with van der Waals surface area (Å²) in [6, 6.07) is 17.3. The number of esters is 1. The highest BCUT2D eigenvalue weighted by Gasteiger charge is 2.28. The van der Waals surface area contributed by atoms with Crippen LogP contribution in [0, 0.1) is 0 Å². The van der Waals surface area contributed by atoms with Crippen LogP contribution in [0.15, 0.2) is 60.7 Å². The highest BCUT2D eigenvalue weighted by atomic mass is 16.5. The summed E-state index contributed by atoms with van der Waals surface area (Å²) in [7, 11) is 1.31. The molecule has 0 bridgehead atoms. The van der Waals surface area contributed by atoms with Gasteiger partial charge in [0.25, 0.3) is 5.91 Å². The number of rotatable bonds is 4. The quantitative estimate of drug-likeness (QED) is 0.811. The number of methoxy groups -OCH3 is 1. The number of hydrogen-bond donors (Lipinski definition) is 0. The number of amides is 1. The molecule has 0 fully saturated rings. The zero-order valence-electron chi connectivity index (χ0n) is 12.0. The summed E-state index contributed by atoms with van der Waals surface area (Å²) in [6.07, 6.45) is 0. The minimum Gasteiger partial charge on any atom is -0.467 e.